The van der Waals surface area contributed by atoms with Gasteiger partial charge in [0.2, 0.25) is 10.0 Å². The maximum Gasteiger partial charge on any atom is 0.250 e. The number of sulfonamides is 1. The van der Waals surface area contributed by atoms with Gasteiger partial charge in [-0.15, -0.1) is 35.3 Å². The third kappa shape index (κ3) is 8.77. The monoisotopic (exact) mass is 542 g/mol. The lowest BCUT2D eigenvalue weighted by atomic mass is 10.1. The number of rotatable bonds is 9. The Labute approximate surface area is 186 Å². The first-order valence-corrected chi connectivity index (χ1v) is 11.0. The standard InChI is InChI=1S/C17H23ClN4O2S2.HI/c1-2-19-17(20-10-9-14-5-7-15(18)8-6-14)21-11-12-22-26(23,24)16-4-3-13-25-16;/h3-8,13,22H,2,9-12H2,1H3,(H2,19,20,21);1H. The fourth-order valence-corrected chi connectivity index (χ4v) is 4.34. The van der Waals surface area contributed by atoms with Gasteiger partial charge in [0.15, 0.2) is 5.96 Å². The van der Waals surface area contributed by atoms with Gasteiger partial charge in [0.1, 0.15) is 4.21 Å². The smallest absolute Gasteiger partial charge is 0.250 e. The Hall–Kier alpha value is -0.880. The number of aliphatic imine (C=N–C) groups is 1. The Morgan fingerprint density at radius 1 is 1.15 bits per heavy atom. The SMILES string of the molecule is CCNC(=NCCNS(=O)(=O)c1cccs1)NCCc1ccc(Cl)cc1.I. The molecule has 0 aliphatic heterocycles. The first kappa shape index (κ1) is 24.2. The number of nitrogens with one attached hydrogen (secondary N) is 3. The largest absolute Gasteiger partial charge is 0.357 e. The number of guanidine groups is 1. The van der Waals surface area contributed by atoms with Crippen molar-refractivity contribution in [3.8, 4) is 0 Å². The second-order valence-electron chi connectivity index (χ2n) is 5.39. The van der Waals surface area contributed by atoms with Crippen molar-refractivity contribution < 1.29 is 8.42 Å². The van der Waals surface area contributed by atoms with E-state index < -0.39 is 10.0 Å². The molecule has 2 rings (SSSR count). The average Bonchev–Trinajstić information content (AvgIpc) is 3.16. The second kappa shape index (κ2) is 12.6. The molecular weight excluding hydrogens is 519 g/mol. The molecule has 0 atom stereocenters. The van der Waals surface area contributed by atoms with Crippen molar-refractivity contribution in [3.05, 3.63) is 52.4 Å². The van der Waals surface area contributed by atoms with Crippen molar-refractivity contribution >= 4 is 62.9 Å². The zero-order valence-corrected chi connectivity index (χ0v) is 19.7. The van der Waals surface area contributed by atoms with Crippen LogP contribution < -0.4 is 15.4 Å². The van der Waals surface area contributed by atoms with E-state index >= 15 is 0 Å². The molecule has 1 aromatic heterocycles. The molecule has 10 heteroatoms. The first-order chi connectivity index (χ1) is 12.5. The predicted molar refractivity (Wildman–Crippen MR) is 124 cm³/mol. The number of thiophene rings is 1. The topological polar surface area (TPSA) is 82.6 Å². The summed E-state index contributed by atoms with van der Waals surface area (Å²) in [5.74, 6) is 0.664. The number of hydrogen-bond acceptors (Lipinski definition) is 4. The molecule has 1 heterocycles. The van der Waals surface area contributed by atoms with E-state index in [0.717, 1.165) is 18.0 Å². The van der Waals surface area contributed by atoms with Crippen molar-refractivity contribution in [1.82, 2.24) is 15.4 Å². The number of hydrogen-bond donors (Lipinski definition) is 3. The van der Waals surface area contributed by atoms with Crippen LogP contribution in [0.2, 0.25) is 5.02 Å². The van der Waals surface area contributed by atoms with Crippen molar-refractivity contribution in [1.29, 1.82) is 0 Å². The van der Waals surface area contributed by atoms with E-state index in [1.165, 1.54) is 16.9 Å². The summed E-state index contributed by atoms with van der Waals surface area (Å²) in [6.45, 7) is 4.02. The minimum atomic E-state index is -3.44. The van der Waals surface area contributed by atoms with Gasteiger partial charge in [-0.1, -0.05) is 29.8 Å². The Balaban J connectivity index is 0.00000364. The van der Waals surface area contributed by atoms with Crippen LogP contribution in [0.15, 0.2) is 51.0 Å². The molecule has 27 heavy (non-hydrogen) atoms. The summed E-state index contributed by atoms with van der Waals surface area (Å²) in [6.07, 6.45) is 0.840. The highest BCUT2D eigenvalue weighted by Gasteiger charge is 2.13. The zero-order chi connectivity index (χ0) is 18.8. The predicted octanol–water partition coefficient (Wildman–Crippen LogP) is 3.10. The molecule has 0 spiro atoms. The summed E-state index contributed by atoms with van der Waals surface area (Å²) in [5.41, 5.74) is 1.18. The van der Waals surface area contributed by atoms with Crippen LogP contribution in [0.3, 0.4) is 0 Å². The number of nitrogens with zero attached hydrogens (tertiary/aromatic N) is 1. The van der Waals surface area contributed by atoms with E-state index in [-0.39, 0.29) is 30.5 Å². The van der Waals surface area contributed by atoms with Crippen LogP contribution in [0.25, 0.3) is 0 Å². The third-order valence-electron chi connectivity index (χ3n) is 3.40. The van der Waals surface area contributed by atoms with E-state index in [4.69, 9.17) is 11.6 Å². The van der Waals surface area contributed by atoms with E-state index in [1.807, 2.05) is 31.2 Å². The Morgan fingerprint density at radius 2 is 1.89 bits per heavy atom. The fourth-order valence-electron chi connectivity index (χ4n) is 2.15. The van der Waals surface area contributed by atoms with Crippen molar-refractivity contribution in [2.75, 3.05) is 26.2 Å². The molecule has 6 nitrogen and oxygen atoms in total. The molecule has 150 valence electrons. The number of benzene rings is 1. The summed E-state index contributed by atoms with van der Waals surface area (Å²) in [7, 11) is -3.44. The maximum atomic E-state index is 12.0. The fraction of sp³-hybridized carbons (Fsp3) is 0.353. The van der Waals surface area contributed by atoms with Gasteiger partial charge >= 0.3 is 0 Å². The average molecular weight is 543 g/mol. The van der Waals surface area contributed by atoms with Gasteiger partial charge in [0.05, 0.1) is 6.54 Å². The molecule has 0 amide bonds. The maximum absolute atomic E-state index is 12.0. The summed E-state index contributed by atoms with van der Waals surface area (Å²) in [4.78, 5) is 4.39. The summed E-state index contributed by atoms with van der Waals surface area (Å²) >= 11 is 7.07. The Morgan fingerprint density at radius 3 is 2.52 bits per heavy atom. The molecule has 1 aromatic carbocycles. The Kier molecular flexibility index (Phi) is 11.2. The van der Waals surface area contributed by atoms with E-state index in [0.29, 0.717) is 23.3 Å². The molecule has 2 aromatic rings. The van der Waals surface area contributed by atoms with Gasteiger partial charge < -0.3 is 10.6 Å². The van der Waals surface area contributed by atoms with Crippen LogP contribution in [0.1, 0.15) is 12.5 Å². The van der Waals surface area contributed by atoms with Gasteiger partial charge in [-0.05, 0) is 42.5 Å². The van der Waals surface area contributed by atoms with E-state index in [2.05, 4.69) is 20.3 Å². The highest BCUT2D eigenvalue weighted by Crippen LogP contribution is 2.14. The van der Waals surface area contributed by atoms with Crippen molar-refractivity contribution in [2.45, 2.75) is 17.6 Å². The minimum Gasteiger partial charge on any atom is -0.357 e. The first-order valence-electron chi connectivity index (χ1n) is 8.31. The van der Waals surface area contributed by atoms with Crippen LogP contribution in [0, 0.1) is 0 Å². The molecule has 0 fully saturated rings. The van der Waals surface area contributed by atoms with Crippen LogP contribution >= 0.6 is 46.9 Å². The molecule has 0 unspecified atom stereocenters. The van der Waals surface area contributed by atoms with Gasteiger partial charge in [0, 0.05) is 24.7 Å². The molecule has 0 aliphatic rings. The van der Waals surface area contributed by atoms with Crippen LogP contribution in [0.5, 0.6) is 0 Å². The molecular formula is C17H24ClIN4O2S2. The minimum absolute atomic E-state index is 0. The van der Waals surface area contributed by atoms with E-state index in [9.17, 15) is 8.42 Å². The van der Waals surface area contributed by atoms with Crippen LogP contribution in [0.4, 0.5) is 0 Å². The molecule has 0 saturated heterocycles. The van der Waals surface area contributed by atoms with Crippen LogP contribution in [-0.4, -0.2) is 40.6 Å². The van der Waals surface area contributed by atoms with Gasteiger partial charge in [0.25, 0.3) is 0 Å². The summed E-state index contributed by atoms with van der Waals surface area (Å²) < 4.78 is 26.9. The van der Waals surface area contributed by atoms with Gasteiger partial charge in [-0.2, -0.15) is 0 Å². The lowest BCUT2D eigenvalue weighted by Gasteiger charge is -2.11. The molecule has 0 saturated carbocycles. The number of halogens is 2. The van der Waals surface area contributed by atoms with Crippen molar-refractivity contribution in [3.63, 3.8) is 0 Å². The van der Waals surface area contributed by atoms with Crippen molar-refractivity contribution in [2.24, 2.45) is 4.99 Å². The molecule has 3 N–H and O–H groups in total. The highest BCUT2D eigenvalue weighted by molar-refractivity contribution is 14.0. The van der Waals surface area contributed by atoms with Gasteiger partial charge in [-0.3, -0.25) is 4.99 Å². The van der Waals surface area contributed by atoms with Gasteiger partial charge in [-0.25, -0.2) is 13.1 Å². The molecule has 0 bridgehead atoms. The third-order valence-corrected chi connectivity index (χ3v) is 6.51. The lowest BCUT2D eigenvalue weighted by Crippen LogP contribution is -2.39. The molecule has 0 aliphatic carbocycles. The zero-order valence-electron chi connectivity index (χ0n) is 14.9. The van der Waals surface area contributed by atoms with E-state index in [1.54, 1.807) is 17.5 Å². The Bertz CT molecular complexity index is 797. The lowest BCUT2D eigenvalue weighted by molar-refractivity contribution is 0.584. The van der Waals surface area contributed by atoms with Crippen LogP contribution in [-0.2, 0) is 16.4 Å². The molecule has 0 radical (unpaired) electrons. The summed E-state index contributed by atoms with van der Waals surface area (Å²) in [5, 5.41) is 8.85. The second-order valence-corrected chi connectivity index (χ2v) is 8.77. The highest BCUT2D eigenvalue weighted by atomic mass is 127. The quantitative estimate of drug-likeness (QED) is 0.197. The summed E-state index contributed by atoms with van der Waals surface area (Å²) in [6, 6.07) is 11.0. The normalized spacial score (nSPS) is 11.7.